The van der Waals surface area contributed by atoms with Gasteiger partial charge in [0.2, 0.25) is 10.0 Å². The SMILES string of the molecule is CCn1c(Oc2cccc(N3CCN(C)CC3)c2)nnc1[C@@H](C)NS(=O)(=O)c1ccccc1C. The maximum Gasteiger partial charge on any atom is 0.322 e. The second-order valence-electron chi connectivity index (χ2n) is 8.58. The number of piperazine rings is 1. The van der Waals surface area contributed by atoms with Crippen molar-refractivity contribution in [1.82, 2.24) is 24.4 Å². The third-order valence-electron chi connectivity index (χ3n) is 6.06. The molecule has 9 nitrogen and oxygen atoms in total. The number of sulfonamides is 1. The Morgan fingerprint density at radius 1 is 1.06 bits per heavy atom. The van der Waals surface area contributed by atoms with Gasteiger partial charge >= 0.3 is 6.01 Å². The van der Waals surface area contributed by atoms with Gasteiger partial charge in [-0.2, -0.15) is 0 Å². The van der Waals surface area contributed by atoms with Crippen LogP contribution in [0.3, 0.4) is 0 Å². The zero-order valence-corrected chi connectivity index (χ0v) is 20.9. The van der Waals surface area contributed by atoms with Gasteiger partial charge in [-0.25, -0.2) is 13.1 Å². The van der Waals surface area contributed by atoms with Gasteiger partial charge in [0.05, 0.1) is 10.9 Å². The van der Waals surface area contributed by atoms with E-state index in [0.717, 1.165) is 31.9 Å². The Kier molecular flexibility index (Phi) is 7.20. The highest BCUT2D eigenvalue weighted by Crippen LogP contribution is 2.28. The molecule has 1 fully saturated rings. The summed E-state index contributed by atoms with van der Waals surface area (Å²) in [6.45, 7) is 9.99. The van der Waals surface area contributed by atoms with Crippen LogP contribution in [0.15, 0.2) is 53.4 Å². The average Bonchev–Trinajstić information content (AvgIpc) is 3.22. The maximum absolute atomic E-state index is 12.9. The lowest BCUT2D eigenvalue weighted by molar-refractivity contribution is 0.312. The van der Waals surface area contributed by atoms with Gasteiger partial charge < -0.3 is 14.5 Å². The second kappa shape index (κ2) is 10.1. The number of rotatable bonds is 8. The Morgan fingerprint density at radius 2 is 1.79 bits per heavy atom. The van der Waals surface area contributed by atoms with Crippen molar-refractivity contribution in [3.63, 3.8) is 0 Å². The predicted octanol–water partition coefficient (Wildman–Crippen LogP) is 3.19. The van der Waals surface area contributed by atoms with Crippen molar-refractivity contribution in [3.05, 3.63) is 59.9 Å². The highest BCUT2D eigenvalue weighted by molar-refractivity contribution is 7.89. The molecule has 1 saturated heterocycles. The number of benzene rings is 2. The number of hydrogen-bond acceptors (Lipinski definition) is 7. The van der Waals surface area contributed by atoms with E-state index in [2.05, 4.69) is 37.8 Å². The lowest BCUT2D eigenvalue weighted by atomic mass is 10.2. The molecular weight excluding hydrogens is 452 g/mol. The van der Waals surface area contributed by atoms with E-state index in [1.54, 1.807) is 36.6 Å². The average molecular weight is 485 g/mol. The number of aryl methyl sites for hydroxylation is 1. The standard InChI is InChI=1S/C24H32N6O3S/c1-5-30-23(19(3)27-34(31,32)22-12-7-6-9-18(22)2)25-26-24(30)33-21-11-8-10-20(17-21)29-15-13-28(4)14-16-29/h6-12,17,19,27H,5,13-16H2,1-4H3/t19-/m1/s1. The molecule has 10 heteroatoms. The van der Waals surface area contributed by atoms with Crippen LogP contribution in [0.4, 0.5) is 5.69 Å². The summed E-state index contributed by atoms with van der Waals surface area (Å²) >= 11 is 0. The van der Waals surface area contributed by atoms with Crippen molar-refractivity contribution in [3.8, 4) is 11.8 Å². The first kappa shape index (κ1) is 24.2. The summed E-state index contributed by atoms with van der Waals surface area (Å²) < 4.78 is 36.5. The van der Waals surface area contributed by atoms with Crippen molar-refractivity contribution in [2.45, 2.75) is 38.3 Å². The monoisotopic (exact) mass is 484 g/mol. The first-order valence-corrected chi connectivity index (χ1v) is 13.0. The molecule has 1 aromatic heterocycles. The van der Waals surface area contributed by atoms with Crippen molar-refractivity contribution in [2.24, 2.45) is 0 Å². The van der Waals surface area contributed by atoms with E-state index in [-0.39, 0.29) is 4.90 Å². The maximum atomic E-state index is 12.9. The molecule has 0 amide bonds. The molecule has 0 saturated carbocycles. The fourth-order valence-corrected chi connectivity index (χ4v) is 5.56. The van der Waals surface area contributed by atoms with Gasteiger partial charge in [-0.1, -0.05) is 29.4 Å². The lowest BCUT2D eigenvalue weighted by Crippen LogP contribution is -2.44. The third kappa shape index (κ3) is 5.24. The van der Waals surface area contributed by atoms with Gasteiger partial charge in [0, 0.05) is 44.5 Å². The van der Waals surface area contributed by atoms with Gasteiger partial charge in [-0.3, -0.25) is 4.57 Å². The normalized spacial score (nSPS) is 15.9. The quantitative estimate of drug-likeness (QED) is 0.525. The molecule has 0 unspecified atom stereocenters. The molecule has 0 radical (unpaired) electrons. The second-order valence-corrected chi connectivity index (χ2v) is 10.3. The van der Waals surface area contributed by atoms with E-state index in [0.29, 0.717) is 29.7 Å². The van der Waals surface area contributed by atoms with E-state index in [9.17, 15) is 8.42 Å². The number of likely N-dealkylation sites (N-methyl/N-ethyl adjacent to an activating group) is 1. The smallest absolute Gasteiger partial charge is 0.322 e. The van der Waals surface area contributed by atoms with Gasteiger partial charge in [0.1, 0.15) is 5.75 Å². The van der Waals surface area contributed by atoms with Crippen LogP contribution in [0.5, 0.6) is 11.8 Å². The van der Waals surface area contributed by atoms with Crippen LogP contribution in [-0.2, 0) is 16.6 Å². The highest BCUT2D eigenvalue weighted by atomic mass is 32.2. The molecule has 2 heterocycles. The Bertz CT molecular complexity index is 1240. The minimum absolute atomic E-state index is 0.251. The number of nitrogens with one attached hydrogen (secondary N) is 1. The zero-order valence-electron chi connectivity index (χ0n) is 20.1. The fraction of sp³-hybridized carbons (Fsp3) is 0.417. The van der Waals surface area contributed by atoms with Crippen molar-refractivity contribution in [2.75, 3.05) is 38.1 Å². The van der Waals surface area contributed by atoms with Crippen LogP contribution in [0.25, 0.3) is 0 Å². The lowest BCUT2D eigenvalue weighted by Gasteiger charge is -2.34. The molecule has 4 rings (SSSR count). The predicted molar refractivity (Wildman–Crippen MR) is 132 cm³/mol. The molecule has 3 aromatic rings. The molecule has 1 N–H and O–H groups in total. The van der Waals surface area contributed by atoms with Crippen LogP contribution >= 0.6 is 0 Å². The van der Waals surface area contributed by atoms with Crippen LogP contribution in [0, 0.1) is 6.92 Å². The summed E-state index contributed by atoms with van der Waals surface area (Å²) in [7, 11) is -1.58. The van der Waals surface area contributed by atoms with Crippen LogP contribution in [-0.4, -0.2) is 61.3 Å². The van der Waals surface area contributed by atoms with Crippen molar-refractivity contribution in [1.29, 1.82) is 0 Å². The molecule has 1 atom stereocenters. The molecule has 1 aliphatic heterocycles. The topological polar surface area (TPSA) is 92.6 Å². The first-order valence-electron chi connectivity index (χ1n) is 11.5. The van der Waals surface area contributed by atoms with Crippen LogP contribution < -0.4 is 14.4 Å². The minimum Gasteiger partial charge on any atom is -0.424 e. The number of aromatic nitrogens is 3. The fourth-order valence-electron chi connectivity index (χ4n) is 4.11. The zero-order chi connectivity index (χ0) is 24.3. The number of nitrogens with zero attached hydrogens (tertiary/aromatic N) is 5. The molecule has 0 aliphatic carbocycles. The summed E-state index contributed by atoms with van der Waals surface area (Å²) in [6.07, 6.45) is 0. The molecular formula is C24H32N6O3S. The summed E-state index contributed by atoms with van der Waals surface area (Å²) in [4.78, 5) is 4.91. The molecule has 0 spiro atoms. The Labute approximate surface area is 201 Å². The molecule has 0 bridgehead atoms. The van der Waals surface area contributed by atoms with E-state index < -0.39 is 16.1 Å². The van der Waals surface area contributed by atoms with E-state index >= 15 is 0 Å². The van der Waals surface area contributed by atoms with E-state index in [1.807, 2.05) is 31.2 Å². The summed E-state index contributed by atoms with van der Waals surface area (Å²) in [5.41, 5.74) is 1.79. The summed E-state index contributed by atoms with van der Waals surface area (Å²) in [5, 5.41) is 8.46. The number of ether oxygens (including phenoxy) is 1. The first-order chi connectivity index (χ1) is 16.3. The highest BCUT2D eigenvalue weighted by Gasteiger charge is 2.25. The summed E-state index contributed by atoms with van der Waals surface area (Å²) in [6, 6.07) is 14.6. The Morgan fingerprint density at radius 3 is 2.50 bits per heavy atom. The molecule has 34 heavy (non-hydrogen) atoms. The summed E-state index contributed by atoms with van der Waals surface area (Å²) in [5.74, 6) is 1.16. The molecule has 182 valence electrons. The molecule has 2 aromatic carbocycles. The van der Waals surface area contributed by atoms with Gasteiger partial charge in [-0.15, -0.1) is 5.10 Å². The Hall–Kier alpha value is -2.95. The molecule has 1 aliphatic rings. The van der Waals surface area contributed by atoms with E-state index in [1.165, 1.54) is 0 Å². The van der Waals surface area contributed by atoms with E-state index in [4.69, 9.17) is 4.74 Å². The number of anilines is 1. The number of hydrogen-bond donors (Lipinski definition) is 1. The minimum atomic E-state index is -3.72. The van der Waals surface area contributed by atoms with Gasteiger partial charge in [0.25, 0.3) is 0 Å². The van der Waals surface area contributed by atoms with Crippen molar-refractivity contribution >= 4 is 15.7 Å². The van der Waals surface area contributed by atoms with Crippen LogP contribution in [0.2, 0.25) is 0 Å². The van der Waals surface area contributed by atoms with Crippen molar-refractivity contribution < 1.29 is 13.2 Å². The third-order valence-corrected chi connectivity index (χ3v) is 7.76. The van der Waals surface area contributed by atoms with Gasteiger partial charge in [-0.05, 0) is 51.6 Å². The van der Waals surface area contributed by atoms with Crippen LogP contribution in [0.1, 0.15) is 31.3 Å². The largest absolute Gasteiger partial charge is 0.424 e. The van der Waals surface area contributed by atoms with Gasteiger partial charge in [0.15, 0.2) is 5.82 Å². The Balaban J connectivity index is 1.52.